The molecule has 0 fully saturated rings. The molecule has 3 aromatic rings. The lowest BCUT2D eigenvalue weighted by Crippen LogP contribution is -2.33. The molecule has 7 nitrogen and oxygen atoms in total. The van der Waals surface area contributed by atoms with E-state index < -0.39 is 0 Å². The molecule has 2 N–H and O–H groups in total. The number of ether oxygens (including phenoxy) is 1. The lowest BCUT2D eigenvalue weighted by molar-refractivity contribution is -0.122. The van der Waals surface area contributed by atoms with Crippen molar-refractivity contribution in [1.82, 2.24) is 10.3 Å². The summed E-state index contributed by atoms with van der Waals surface area (Å²) < 4.78 is 5.58. The first kappa shape index (κ1) is 24.7. The summed E-state index contributed by atoms with van der Waals surface area (Å²) in [4.78, 5) is 33.8. The topological polar surface area (TPSA) is 83.6 Å². The fourth-order valence-electron chi connectivity index (χ4n) is 4.29. The first-order valence-corrected chi connectivity index (χ1v) is 12.9. The fraction of sp³-hybridized carbons (Fsp3) is 0.370. The van der Waals surface area contributed by atoms with Crippen LogP contribution in [0.5, 0.6) is 5.75 Å². The minimum absolute atomic E-state index is 0.0122. The quantitative estimate of drug-likeness (QED) is 0.395. The Hall–Kier alpha value is -3.39. The van der Waals surface area contributed by atoms with Crippen molar-refractivity contribution in [3.8, 4) is 5.75 Å². The monoisotopic (exact) mass is 492 g/mol. The van der Waals surface area contributed by atoms with Gasteiger partial charge in [0.1, 0.15) is 5.75 Å². The predicted octanol–water partition coefficient (Wildman–Crippen LogP) is 4.86. The zero-order valence-corrected chi connectivity index (χ0v) is 21.1. The third-order valence-corrected chi connectivity index (χ3v) is 7.14. The van der Waals surface area contributed by atoms with Crippen LogP contribution in [0, 0.1) is 0 Å². The molecule has 1 aliphatic rings. The summed E-state index contributed by atoms with van der Waals surface area (Å²) in [6.07, 6.45) is 3.44. The maximum atomic E-state index is 13.0. The Labute approximate surface area is 210 Å². The van der Waals surface area contributed by atoms with Gasteiger partial charge < -0.3 is 15.0 Å². The first-order valence-electron chi connectivity index (χ1n) is 12.1. The van der Waals surface area contributed by atoms with Crippen LogP contribution in [-0.2, 0) is 11.2 Å². The van der Waals surface area contributed by atoms with Crippen molar-refractivity contribution in [1.29, 1.82) is 0 Å². The number of nitrogens with zero attached hydrogens (tertiary/aromatic N) is 2. The van der Waals surface area contributed by atoms with E-state index in [1.807, 2.05) is 37.3 Å². The van der Waals surface area contributed by atoms with Crippen LogP contribution < -0.4 is 20.3 Å². The minimum atomic E-state index is -0.275. The number of fused-ring (bicyclic) bond motifs is 1. The molecule has 4 rings (SSSR count). The third kappa shape index (κ3) is 6.19. The van der Waals surface area contributed by atoms with Crippen LogP contribution in [0.4, 0.5) is 10.8 Å². The number of amides is 2. The summed E-state index contributed by atoms with van der Waals surface area (Å²) in [5, 5.41) is 6.52. The van der Waals surface area contributed by atoms with E-state index in [4.69, 9.17) is 4.74 Å². The normalized spacial score (nSPS) is 14.6. The van der Waals surface area contributed by atoms with Gasteiger partial charge in [-0.25, -0.2) is 4.98 Å². The van der Waals surface area contributed by atoms with Crippen molar-refractivity contribution in [2.24, 2.45) is 0 Å². The smallest absolute Gasteiger partial charge is 0.261 e. The Morgan fingerprint density at radius 2 is 1.91 bits per heavy atom. The second kappa shape index (κ2) is 11.8. The van der Waals surface area contributed by atoms with Gasteiger partial charge in [-0.15, -0.1) is 11.3 Å². The molecule has 0 saturated carbocycles. The van der Waals surface area contributed by atoms with E-state index >= 15 is 0 Å². The van der Waals surface area contributed by atoms with Crippen molar-refractivity contribution in [2.45, 2.75) is 38.5 Å². The molecule has 0 saturated heterocycles. The maximum absolute atomic E-state index is 13.0. The van der Waals surface area contributed by atoms with Gasteiger partial charge in [0.15, 0.2) is 5.13 Å². The number of benzene rings is 2. The first-order chi connectivity index (χ1) is 17.1. The van der Waals surface area contributed by atoms with Crippen molar-refractivity contribution < 1.29 is 14.3 Å². The maximum Gasteiger partial charge on any atom is 0.261 e. The van der Waals surface area contributed by atoms with E-state index in [9.17, 15) is 9.59 Å². The number of aromatic nitrogens is 1. The van der Waals surface area contributed by atoms with Gasteiger partial charge >= 0.3 is 0 Å². The molecule has 0 radical (unpaired) electrons. The van der Waals surface area contributed by atoms with Crippen molar-refractivity contribution in [3.63, 3.8) is 0 Å². The summed E-state index contributed by atoms with van der Waals surface area (Å²) in [5.41, 5.74) is 2.43. The highest BCUT2D eigenvalue weighted by molar-refractivity contribution is 7.16. The SMILES string of the molecule is CCOc1ccccc1C(=O)Nc1nc2c(s1)CCCC2C(=O)NCCCN(C)c1ccccc1. The second-order valence-electron chi connectivity index (χ2n) is 8.56. The molecular formula is C27H32N4O3S. The van der Waals surface area contributed by atoms with Crippen LogP contribution in [0.25, 0.3) is 0 Å². The van der Waals surface area contributed by atoms with Crippen LogP contribution >= 0.6 is 11.3 Å². The number of rotatable bonds is 10. The zero-order valence-electron chi connectivity index (χ0n) is 20.3. The Morgan fingerprint density at radius 1 is 1.14 bits per heavy atom. The van der Waals surface area contributed by atoms with Crippen LogP contribution in [0.1, 0.15) is 53.0 Å². The highest BCUT2D eigenvalue weighted by atomic mass is 32.1. The van der Waals surface area contributed by atoms with Gasteiger partial charge in [0.05, 0.1) is 23.8 Å². The largest absolute Gasteiger partial charge is 0.493 e. The number of carbonyl (C=O) groups is 2. The molecule has 0 spiro atoms. The van der Waals surface area contributed by atoms with Gasteiger partial charge in [0.2, 0.25) is 5.91 Å². The van der Waals surface area contributed by atoms with Crippen molar-refractivity contribution >= 4 is 34.0 Å². The molecular weight excluding hydrogens is 460 g/mol. The average Bonchev–Trinajstić information content (AvgIpc) is 3.29. The van der Waals surface area contributed by atoms with Gasteiger partial charge in [-0.05, 0) is 56.9 Å². The number of hydrogen-bond donors (Lipinski definition) is 2. The van der Waals surface area contributed by atoms with Gasteiger partial charge in [0.25, 0.3) is 5.91 Å². The molecule has 1 heterocycles. The lowest BCUT2D eigenvalue weighted by atomic mass is 9.90. The number of anilines is 2. The molecule has 0 bridgehead atoms. The molecule has 184 valence electrons. The summed E-state index contributed by atoms with van der Waals surface area (Å²) in [6.45, 7) is 3.84. The number of nitrogens with one attached hydrogen (secondary N) is 2. The lowest BCUT2D eigenvalue weighted by Gasteiger charge is -2.22. The van der Waals surface area contributed by atoms with E-state index in [2.05, 4.69) is 39.7 Å². The Kier molecular flexibility index (Phi) is 8.36. The number of carbonyl (C=O) groups excluding carboxylic acids is 2. The average molecular weight is 493 g/mol. The molecule has 8 heteroatoms. The number of para-hydroxylation sites is 2. The van der Waals surface area contributed by atoms with Crippen molar-refractivity contribution in [2.75, 3.05) is 37.0 Å². The molecule has 1 aromatic heterocycles. The Balaban J connectivity index is 1.34. The van der Waals surface area contributed by atoms with E-state index in [0.29, 0.717) is 29.6 Å². The molecule has 1 atom stereocenters. The molecule has 1 unspecified atom stereocenters. The van der Waals surface area contributed by atoms with Gasteiger partial charge in [-0.3, -0.25) is 14.9 Å². The third-order valence-electron chi connectivity index (χ3n) is 6.09. The molecule has 1 aliphatic carbocycles. The predicted molar refractivity (Wildman–Crippen MR) is 141 cm³/mol. The molecule has 0 aliphatic heterocycles. The van der Waals surface area contributed by atoms with Crippen LogP contribution in [-0.4, -0.2) is 43.5 Å². The molecule has 2 aromatic carbocycles. The van der Waals surface area contributed by atoms with Crippen LogP contribution in [0.3, 0.4) is 0 Å². The highest BCUT2D eigenvalue weighted by Gasteiger charge is 2.30. The van der Waals surface area contributed by atoms with Gasteiger partial charge in [-0.1, -0.05) is 30.3 Å². The van der Waals surface area contributed by atoms with E-state index in [-0.39, 0.29) is 17.7 Å². The fourth-order valence-corrected chi connectivity index (χ4v) is 5.35. The Bertz CT molecular complexity index is 1150. The molecule has 35 heavy (non-hydrogen) atoms. The van der Waals surface area contributed by atoms with Gasteiger partial charge in [-0.2, -0.15) is 0 Å². The summed E-state index contributed by atoms with van der Waals surface area (Å²) in [6, 6.07) is 17.4. The van der Waals surface area contributed by atoms with Crippen molar-refractivity contribution in [3.05, 3.63) is 70.7 Å². The van der Waals surface area contributed by atoms with Crippen LogP contribution in [0.15, 0.2) is 54.6 Å². The van der Waals surface area contributed by atoms with E-state index in [1.54, 1.807) is 12.1 Å². The second-order valence-corrected chi connectivity index (χ2v) is 9.64. The van der Waals surface area contributed by atoms with Crippen LogP contribution in [0.2, 0.25) is 0 Å². The number of hydrogen-bond acceptors (Lipinski definition) is 6. The highest BCUT2D eigenvalue weighted by Crippen LogP contribution is 2.37. The zero-order chi connectivity index (χ0) is 24.6. The van der Waals surface area contributed by atoms with E-state index in [1.165, 1.54) is 11.3 Å². The number of thiazole rings is 1. The summed E-state index contributed by atoms with van der Waals surface area (Å²) >= 11 is 1.46. The molecule has 2 amide bonds. The summed E-state index contributed by atoms with van der Waals surface area (Å²) in [5.74, 6) is 0.0223. The summed E-state index contributed by atoms with van der Waals surface area (Å²) in [7, 11) is 2.06. The van der Waals surface area contributed by atoms with E-state index in [0.717, 1.165) is 48.5 Å². The Morgan fingerprint density at radius 3 is 2.71 bits per heavy atom. The number of aryl methyl sites for hydroxylation is 1. The van der Waals surface area contributed by atoms with Gasteiger partial charge in [0, 0.05) is 30.7 Å². The standard InChI is InChI=1S/C27H32N4O3S/c1-3-34-22-15-8-7-13-20(22)26(33)30-27-29-24-21(14-9-16-23(24)35-27)25(32)28-17-10-18-31(2)19-11-5-4-6-12-19/h4-8,11-13,15,21H,3,9-10,14,16-18H2,1-2H3,(H,28,32)(H,29,30,33). The minimum Gasteiger partial charge on any atom is -0.493 e.